The Balaban J connectivity index is 2.22. The van der Waals surface area contributed by atoms with Crippen LogP contribution in [0.25, 0.3) is 0 Å². The van der Waals surface area contributed by atoms with E-state index in [1.165, 1.54) is 25.9 Å². The zero-order chi connectivity index (χ0) is 8.10. The van der Waals surface area contributed by atoms with Gasteiger partial charge in [-0.1, -0.05) is 12.2 Å². The van der Waals surface area contributed by atoms with Crippen molar-refractivity contribution in [2.75, 3.05) is 26.7 Å². The quantitative estimate of drug-likeness (QED) is 0.597. The van der Waals surface area contributed by atoms with Gasteiger partial charge < -0.3 is 10.6 Å². The Morgan fingerprint density at radius 2 is 2.09 bits per heavy atom. The van der Waals surface area contributed by atoms with E-state index in [9.17, 15) is 0 Å². The van der Waals surface area contributed by atoms with Crippen molar-refractivity contribution in [3.63, 3.8) is 0 Å². The van der Waals surface area contributed by atoms with Gasteiger partial charge in [0.25, 0.3) is 0 Å². The van der Waals surface area contributed by atoms with E-state index in [2.05, 4.69) is 24.1 Å². The molecule has 64 valence electrons. The molecule has 0 atom stereocenters. The summed E-state index contributed by atoms with van der Waals surface area (Å²) in [6.45, 7) is 3.16. The Morgan fingerprint density at radius 1 is 1.45 bits per heavy atom. The standard InChI is InChI=1S/C9H18N2/c1-11-7-4-9(5-8-11)3-2-6-10/h2-3,9H,4-8,10H2,1H3/b3-2+. The van der Waals surface area contributed by atoms with Gasteiger partial charge in [-0.3, -0.25) is 0 Å². The zero-order valence-corrected chi connectivity index (χ0v) is 7.29. The molecule has 1 saturated heterocycles. The summed E-state index contributed by atoms with van der Waals surface area (Å²) in [5.41, 5.74) is 5.38. The number of hydrogen-bond donors (Lipinski definition) is 1. The fourth-order valence-electron chi connectivity index (χ4n) is 1.49. The van der Waals surface area contributed by atoms with E-state index in [1.807, 2.05) is 0 Å². The van der Waals surface area contributed by atoms with Crippen molar-refractivity contribution in [1.29, 1.82) is 0 Å². The molecule has 0 aromatic carbocycles. The average Bonchev–Trinajstić information content (AvgIpc) is 2.04. The van der Waals surface area contributed by atoms with Crippen molar-refractivity contribution in [2.45, 2.75) is 12.8 Å². The molecule has 2 N–H and O–H groups in total. The van der Waals surface area contributed by atoms with Gasteiger partial charge in [-0.05, 0) is 38.9 Å². The minimum Gasteiger partial charge on any atom is -0.327 e. The highest BCUT2D eigenvalue weighted by Crippen LogP contribution is 2.16. The Morgan fingerprint density at radius 3 is 2.64 bits per heavy atom. The fraction of sp³-hybridized carbons (Fsp3) is 0.778. The molecule has 1 aliphatic heterocycles. The van der Waals surface area contributed by atoms with Crippen LogP contribution in [0.2, 0.25) is 0 Å². The predicted octanol–water partition coefficient (Wildman–Crippen LogP) is 0.843. The SMILES string of the molecule is CN1CCC(/C=C/CN)CC1. The maximum absolute atomic E-state index is 5.38. The van der Waals surface area contributed by atoms with Gasteiger partial charge in [-0.2, -0.15) is 0 Å². The molecule has 2 nitrogen and oxygen atoms in total. The van der Waals surface area contributed by atoms with Crippen LogP contribution in [0.4, 0.5) is 0 Å². The molecule has 0 aromatic heterocycles. The van der Waals surface area contributed by atoms with Crippen molar-refractivity contribution in [3.05, 3.63) is 12.2 Å². The van der Waals surface area contributed by atoms with Gasteiger partial charge in [0.1, 0.15) is 0 Å². The summed E-state index contributed by atoms with van der Waals surface area (Å²) in [7, 11) is 2.18. The fourth-order valence-corrected chi connectivity index (χ4v) is 1.49. The third-order valence-electron chi connectivity index (χ3n) is 2.31. The van der Waals surface area contributed by atoms with Gasteiger partial charge >= 0.3 is 0 Å². The van der Waals surface area contributed by atoms with Crippen LogP contribution in [0.15, 0.2) is 12.2 Å². The number of piperidine rings is 1. The minimum atomic E-state index is 0.687. The van der Waals surface area contributed by atoms with Gasteiger partial charge in [0.2, 0.25) is 0 Å². The average molecular weight is 154 g/mol. The van der Waals surface area contributed by atoms with Crippen LogP contribution in [-0.2, 0) is 0 Å². The summed E-state index contributed by atoms with van der Waals surface area (Å²) in [5, 5.41) is 0. The number of nitrogens with two attached hydrogens (primary N) is 1. The van der Waals surface area contributed by atoms with Crippen molar-refractivity contribution >= 4 is 0 Å². The minimum absolute atomic E-state index is 0.687. The van der Waals surface area contributed by atoms with Gasteiger partial charge in [0, 0.05) is 6.54 Å². The summed E-state index contributed by atoms with van der Waals surface area (Å²) in [5.74, 6) is 0.787. The highest BCUT2D eigenvalue weighted by Gasteiger charge is 2.12. The number of hydrogen-bond acceptors (Lipinski definition) is 2. The van der Waals surface area contributed by atoms with Gasteiger partial charge in [0.15, 0.2) is 0 Å². The predicted molar refractivity (Wildman–Crippen MR) is 48.4 cm³/mol. The van der Waals surface area contributed by atoms with E-state index < -0.39 is 0 Å². The van der Waals surface area contributed by atoms with Crippen LogP contribution >= 0.6 is 0 Å². The third kappa shape index (κ3) is 3.04. The van der Waals surface area contributed by atoms with Crippen LogP contribution in [0.1, 0.15) is 12.8 Å². The van der Waals surface area contributed by atoms with Crippen molar-refractivity contribution < 1.29 is 0 Å². The lowest BCUT2D eigenvalue weighted by Crippen LogP contribution is -2.29. The first kappa shape index (κ1) is 8.75. The molecule has 1 fully saturated rings. The lowest BCUT2D eigenvalue weighted by atomic mass is 9.97. The Bertz CT molecular complexity index is 124. The van der Waals surface area contributed by atoms with Crippen LogP contribution < -0.4 is 5.73 Å². The van der Waals surface area contributed by atoms with Crippen LogP contribution in [0, 0.1) is 5.92 Å². The molecule has 1 heterocycles. The molecule has 0 spiro atoms. The van der Waals surface area contributed by atoms with Gasteiger partial charge in [-0.25, -0.2) is 0 Å². The second-order valence-electron chi connectivity index (χ2n) is 3.30. The van der Waals surface area contributed by atoms with E-state index in [4.69, 9.17) is 5.73 Å². The van der Waals surface area contributed by atoms with Gasteiger partial charge in [0.05, 0.1) is 0 Å². The van der Waals surface area contributed by atoms with E-state index in [0.29, 0.717) is 6.54 Å². The molecule has 11 heavy (non-hydrogen) atoms. The van der Waals surface area contributed by atoms with E-state index in [1.54, 1.807) is 0 Å². The van der Waals surface area contributed by atoms with Gasteiger partial charge in [-0.15, -0.1) is 0 Å². The molecule has 0 radical (unpaired) electrons. The van der Waals surface area contributed by atoms with Crippen molar-refractivity contribution in [3.8, 4) is 0 Å². The molecule has 0 amide bonds. The van der Waals surface area contributed by atoms with Crippen LogP contribution in [-0.4, -0.2) is 31.6 Å². The van der Waals surface area contributed by atoms with Crippen LogP contribution in [0.3, 0.4) is 0 Å². The Kier molecular flexibility index (Phi) is 3.60. The van der Waals surface area contributed by atoms with Crippen LogP contribution in [0.5, 0.6) is 0 Å². The first-order valence-electron chi connectivity index (χ1n) is 4.38. The Labute approximate surface area is 69.1 Å². The second kappa shape index (κ2) is 4.52. The van der Waals surface area contributed by atoms with E-state index in [0.717, 1.165) is 5.92 Å². The molecule has 0 saturated carbocycles. The first-order valence-corrected chi connectivity index (χ1v) is 4.38. The zero-order valence-electron chi connectivity index (χ0n) is 7.29. The smallest absolute Gasteiger partial charge is 0.0106 e. The highest BCUT2D eigenvalue weighted by atomic mass is 15.1. The molecule has 0 aliphatic carbocycles. The summed E-state index contributed by atoms with van der Waals surface area (Å²) < 4.78 is 0. The van der Waals surface area contributed by atoms with Crippen molar-refractivity contribution in [1.82, 2.24) is 4.90 Å². The van der Waals surface area contributed by atoms with E-state index >= 15 is 0 Å². The number of nitrogens with zero attached hydrogens (tertiary/aromatic N) is 1. The normalized spacial score (nSPS) is 23.1. The summed E-state index contributed by atoms with van der Waals surface area (Å²) in [4.78, 5) is 2.38. The number of likely N-dealkylation sites (tertiary alicyclic amines) is 1. The number of rotatable bonds is 2. The molecule has 1 rings (SSSR count). The number of allylic oxidation sites excluding steroid dienone is 1. The molecule has 0 bridgehead atoms. The molecule has 0 unspecified atom stereocenters. The third-order valence-corrected chi connectivity index (χ3v) is 2.31. The molecule has 1 aliphatic rings. The van der Waals surface area contributed by atoms with Crippen molar-refractivity contribution in [2.24, 2.45) is 11.7 Å². The monoisotopic (exact) mass is 154 g/mol. The summed E-state index contributed by atoms with van der Waals surface area (Å²) >= 11 is 0. The lowest BCUT2D eigenvalue weighted by molar-refractivity contribution is 0.244. The largest absolute Gasteiger partial charge is 0.327 e. The maximum atomic E-state index is 5.38. The topological polar surface area (TPSA) is 29.3 Å². The molecule has 2 heteroatoms. The second-order valence-corrected chi connectivity index (χ2v) is 3.30. The maximum Gasteiger partial charge on any atom is 0.0106 e. The lowest BCUT2D eigenvalue weighted by Gasteiger charge is -2.26. The highest BCUT2D eigenvalue weighted by molar-refractivity contribution is 4.91. The summed E-state index contributed by atoms with van der Waals surface area (Å²) in [6, 6.07) is 0. The van der Waals surface area contributed by atoms with E-state index in [-0.39, 0.29) is 0 Å². The Hall–Kier alpha value is -0.340. The molecular formula is C9H18N2. The molecule has 0 aromatic rings. The molecular weight excluding hydrogens is 136 g/mol. The summed E-state index contributed by atoms with van der Waals surface area (Å²) in [6.07, 6.45) is 6.95. The first-order chi connectivity index (χ1) is 5.33.